The fraction of sp³-hybridized carbons (Fsp3) is 0.308. The first-order valence-electron chi connectivity index (χ1n) is 5.80. The molecule has 1 aliphatic rings. The molecule has 0 aliphatic carbocycles. The normalized spacial score (nSPS) is 18.0. The molecule has 5 heteroatoms. The van der Waals surface area contributed by atoms with Crippen molar-refractivity contribution in [2.24, 2.45) is 5.73 Å². The zero-order valence-corrected chi connectivity index (χ0v) is 10.7. The number of imidazole rings is 1. The molecule has 0 spiro atoms. The predicted octanol–water partition coefficient (Wildman–Crippen LogP) is 2.38. The maximum atomic E-state index is 13.7. The SMILES string of the molecule is Cl.NC1CCc2cnc(-c3ccccc3F)n2C1. The van der Waals surface area contributed by atoms with Gasteiger partial charge in [0, 0.05) is 24.5 Å². The Balaban J connectivity index is 0.00000120. The van der Waals surface area contributed by atoms with Crippen LogP contribution in [0.4, 0.5) is 4.39 Å². The van der Waals surface area contributed by atoms with Gasteiger partial charge in [0.05, 0.1) is 5.56 Å². The number of hydrogen-bond donors (Lipinski definition) is 1. The van der Waals surface area contributed by atoms with Crippen LogP contribution in [0.25, 0.3) is 11.4 Å². The molecular formula is C13H15ClFN3. The van der Waals surface area contributed by atoms with E-state index in [1.807, 2.05) is 16.8 Å². The fourth-order valence-corrected chi connectivity index (χ4v) is 2.33. The molecule has 3 nitrogen and oxygen atoms in total. The number of nitrogens with zero attached hydrogens (tertiary/aromatic N) is 2. The molecule has 1 atom stereocenters. The van der Waals surface area contributed by atoms with Gasteiger partial charge >= 0.3 is 0 Å². The van der Waals surface area contributed by atoms with Crippen LogP contribution < -0.4 is 5.73 Å². The summed E-state index contributed by atoms with van der Waals surface area (Å²) in [5.74, 6) is 0.452. The summed E-state index contributed by atoms with van der Waals surface area (Å²) in [6.45, 7) is 0.721. The smallest absolute Gasteiger partial charge is 0.143 e. The number of aryl methyl sites for hydroxylation is 1. The number of rotatable bonds is 1. The van der Waals surface area contributed by atoms with Crippen molar-refractivity contribution in [3.05, 3.63) is 42.0 Å². The quantitative estimate of drug-likeness (QED) is 0.862. The van der Waals surface area contributed by atoms with Crippen molar-refractivity contribution in [1.29, 1.82) is 0 Å². The number of halogens is 2. The lowest BCUT2D eigenvalue weighted by Gasteiger charge is -2.22. The highest BCUT2D eigenvalue weighted by molar-refractivity contribution is 5.85. The average Bonchev–Trinajstić information content (AvgIpc) is 2.72. The number of fused-ring (bicyclic) bond motifs is 1. The van der Waals surface area contributed by atoms with E-state index < -0.39 is 0 Å². The summed E-state index contributed by atoms with van der Waals surface area (Å²) in [5, 5.41) is 0. The van der Waals surface area contributed by atoms with E-state index in [0.717, 1.165) is 25.1 Å². The first-order valence-corrected chi connectivity index (χ1v) is 5.80. The number of nitrogens with two attached hydrogens (primary N) is 1. The molecule has 1 unspecified atom stereocenters. The number of aromatic nitrogens is 2. The zero-order chi connectivity index (χ0) is 11.8. The van der Waals surface area contributed by atoms with Crippen molar-refractivity contribution in [2.45, 2.75) is 25.4 Å². The highest BCUT2D eigenvalue weighted by Gasteiger charge is 2.20. The maximum absolute atomic E-state index is 13.7. The van der Waals surface area contributed by atoms with Gasteiger partial charge < -0.3 is 10.3 Å². The molecule has 2 heterocycles. The van der Waals surface area contributed by atoms with Gasteiger partial charge in [0.25, 0.3) is 0 Å². The molecule has 0 radical (unpaired) electrons. The van der Waals surface area contributed by atoms with Crippen LogP contribution in [0.5, 0.6) is 0 Å². The third kappa shape index (κ3) is 2.13. The van der Waals surface area contributed by atoms with Crippen LogP contribution in [0.2, 0.25) is 0 Å². The summed E-state index contributed by atoms with van der Waals surface area (Å²) in [5.41, 5.74) is 7.64. The second kappa shape index (κ2) is 5.08. The lowest BCUT2D eigenvalue weighted by atomic mass is 10.1. The predicted molar refractivity (Wildman–Crippen MR) is 71.2 cm³/mol. The maximum Gasteiger partial charge on any atom is 0.143 e. The molecule has 18 heavy (non-hydrogen) atoms. The molecule has 96 valence electrons. The zero-order valence-electron chi connectivity index (χ0n) is 9.84. The van der Waals surface area contributed by atoms with Crippen molar-refractivity contribution in [3.8, 4) is 11.4 Å². The van der Waals surface area contributed by atoms with Crippen LogP contribution in [0, 0.1) is 5.82 Å². The van der Waals surface area contributed by atoms with Crippen LogP contribution in [0.3, 0.4) is 0 Å². The highest BCUT2D eigenvalue weighted by atomic mass is 35.5. The molecule has 2 aromatic rings. The lowest BCUT2D eigenvalue weighted by Crippen LogP contribution is -2.32. The van der Waals surface area contributed by atoms with Gasteiger partial charge in [-0.05, 0) is 25.0 Å². The summed E-state index contributed by atoms with van der Waals surface area (Å²) >= 11 is 0. The van der Waals surface area contributed by atoms with Gasteiger partial charge in [0.2, 0.25) is 0 Å². The van der Waals surface area contributed by atoms with E-state index in [0.29, 0.717) is 11.4 Å². The van der Waals surface area contributed by atoms with Gasteiger partial charge in [-0.1, -0.05) is 12.1 Å². The van der Waals surface area contributed by atoms with E-state index in [9.17, 15) is 4.39 Å². The second-order valence-electron chi connectivity index (χ2n) is 4.46. The van der Waals surface area contributed by atoms with E-state index in [-0.39, 0.29) is 24.3 Å². The molecule has 0 saturated heterocycles. The van der Waals surface area contributed by atoms with E-state index in [2.05, 4.69) is 4.98 Å². The number of hydrogen-bond acceptors (Lipinski definition) is 2. The van der Waals surface area contributed by atoms with Crippen molar-refractivity contribution in [3.63, 3.8) is 0 Å². The average molecular weight is 268 g/mol. The molecule has 3 rings (SSSR count). The molecule has 0 fully saturated rings. The standard InChI is InChI=1S/C13H14FN3.ClH/c14-12-4-2-1-3-11(12)13-16-7-10-6-5-9(15)8-17(10)13;/h1-4,7,9H,5-6,8,15H2;1H. The monoisotopic (exact) mass is 267 g/mol. The minimum absolute atomic E-state index is 0. The van der Waals surface area contributed by atoms with Gasteiger partial charge in [-0.3, -0.25) is 0 Å². The summed E-state index contributed by atoms with van der Waals surface area (Å²) in [6.07, 6.45) is 3.72. The van der Waals surface area contributed by atoms with Crippen molar-refractivity contribution >= 4 is 12.4 Å². The Morgan fingerprint density at radius 1 is 1.33 bits per heavy atom. The number of benzene rings is 1. The van der Waals surface area contributed by atoms with Crippen LogP contribution in [0.1, 0.15) is 12.1 Å². The van der Waals surface area contributed by atoms with Crippen LogP contribution >= 0.6 is 12.4 Å². The Hall–Kier alpha value is -1.39. The van der Waals surface area contributed by atoms with Crippen LogP contribution in [-0.2, 0) is 13.0 Å². The lowest BCUT2D eigenvalue weighted by molar-refractivity contribution is 0.463. The Morgan fingerprint density at radius 3 is 2.89 bits per heavy atom. The Morgan fingerprint density at radius 2 is 2.11 bits per heavy atom. The largest absolute Gasteiger partial charge is 0.326 e. The minimum Gasteiger partial charge on any atom is -0.326 e. The summed E-state index contributed by atoms with van der Waals surface area (Å²) in [4.78, 5) is 4.33. The van der Waals surface area contributed by atoms with Crippen LogP contribution in [-0.4, -0.2) is 15.6 Å². The van der Waals surface area contributed by atoms with Gasteiger partial charge in [0.15, 0.2) is 0 Å². The van der Waals surface area contributed by atoms with Crippen molar-refractivity contribution in [2.75, 3.05) is 0 Å². The molecule has 1 aromatic carbocycles. The first kappa shape index (κ1) is 13.1. The Labute approximate surface area is 111 Å². The molecule has 0 bridgehead atoms. The third-order valence-corrected chi connectivity index (χ3v) is 3.24. The summed E-state index contributed by atoms with van der Waals surface area (Å²) < 4.78 is 15.8. The summed E-state index contributed by atoms with van der Waals surface area (Å²) in [6, 6.07) is 6.86. The van der Waals surface area contributed by atoms with E-state index >= 15 is 0 Å². The molecule has 0 amide bonds. The molecule has 0 saturated carbocycles. The van der Waals surface area contributed by atoms with Gasteiger partial charge in [-0.25, -0.2) is 9.37 Å². The van der Waals surface area contributed by atoms with Crippen molar-refractivity contribution < 1.29 is 4.39 Å². The van der Waals surface area contributed by atoms with Gasteiger partial charge in [-0.15, -0.1) is 12.4 Å². The highest BCUT2D eigenvalue weighted by Crippen LogP contribution is 2.25. The minimum atomic E-state index is -0.236. The molecule has 2 N–H and O–H groups in total. The Kier molecular flexibility index (Phi) is 3.68. The van der Waals surface area contributed by atoms with Gasteiger partial charge in [0.1, 0.15) is 11.6 Å². The second-order valence-corrected chi connectivity index (χ2v) is 4.46. The third-order valence-electron chi connectivity index (χ3n) is 3.24. The van der Waals surface area contributed by atoms with E-state index in [1.54, 1.807) is 12.1 Å². The molecular weight excluding hydrogens is 253 g/mol. The van der Waals surface area contributed by atoms with Gasteiger partial charge in [-0.2, -0.15) is 0 Å². The molecule has 1 aliphatic heterocycles. The molecule has 1 aromatic heterocycles. The topological polar surface area (TPSA) is 43.8 Å². The van der Waals surface area contributed by atoms with E-state index in [4.69, 9.17) is 5.73 Å². The summed E-state index contributed by atoms with van der Waals surface area (Å²) in [7, 11) is 0. The van der Waals surface area contributed by atoms with Crippen molar-refractivity contribution in [1.82, 2.24) is 9.55 Å². The van der Waals surface area contributed by atoms with Crippen LogP contribution in [0.15, 0.2) is 30.5 Å². The first-order chi connectivity index (χ1) is 8.25. The Bertz CT molecular complexity index is 553. The van der Waals surface area contributed by atoms with E-state index in [1.165, 1.54) is 6.07 Å². The fourth-order valence-electron chi connectivity index (χ4n) is 2.33.